The number of hydrogen-bond acceptors (Lipinski definition) is 9. The maximum absolute atomic E-state index is 5.89. The van der Waals surface area contributed by atoms with Crippen LogP contribution >= 0.6 is 0 Å². The van der Waals surface area contributed by atoms with Crippen molar-refractivity contribution in [3.8, 4) is 0 Å². The molecule has 0 aromatic rings. The summed E-state index contributed by atoms with van der Waals surface area (Å²) >= 11 is -2.06. The van der Waals surface area contributed by atoms with Crippen molar-refractivity contribution < 1.29 is 29.1 Å². The third kappa shape index (κ3) is 11.3. The summed E-state index contributed by atoms with van der Waals surface area (Å²) in [5, 5.41) is 6.54. The highest BCUT2D eigenvalue weighted by Gasteiger charge is 2.45. The van der Waals surface area contributed by atoms with Gasteiger partial charge in [-0.3, -0.25) is 0 Å². The van der Waals surface area contributed by atoms with Crippen molar-refractivity contribution in [2.24, 2.45) is 0 Å². The molecule has 0 saturated carbocycles. The monoisotopic (exact) mass is 410 g/mol. The molecule has 0 spiro atoms. The van der Waals surface area contributed by atoms with Gasteiger partial charge in [0.1, 0.15) is 0 Å². The van der Waals surface area contributed by atoms with Gasteiger partial charge in [0.05, 0.1) is 13.2 Å². The number of nitrogens with one attached hydrogen (secondary N) is 2. The van der Waals surface area contributed by atoms with Crippen LogP contribution in [-0.4, -0.2) is 96.6 Å². The van der Waals surface area contributed by atoms with Crippen LogP contribution in [0.25, 0.3) is 0 Å². The van der Waals surface area contributed by atoms with E-state index in [1.807, 2.05) is 13.8 Å². The molecule has 0 amide bonds. The van der Waals surface area contributed by atoms with E-state index in [-0.39, 0.29) is 0 Å². The van der Waals surface area contributed by atoms with Crippen molar-refractivity contribution in [3.05, 3.63) is 0 Å². The predicted octanol–water partition coefficient (Wildman–Crippen LogP) is 0.166. The fraction of sp³-hybridized carbons (Fsp3) is 1.00. The minimum Gasteiger partial charge on any atom is -0.454 e. The van der Waals surface area contributed by atoms with Crippen LogP contribution in [0.4, 0.5) is 0 Å². The van der Waals surface area contributed by atoms with Crippen LogP contribution in [0.5, 0.6) is 0 Å². The van der Waals surface area contributed by atoms with Crippen molar-refractivity contribution in [1.82, 2.24) is 10.6 Å². The van der Waals surface area contributed by atoms with Gasteiger partial charge in [-0.1, -0.05) is 6.92 Å². The summed E-state index contributed by atoms with van der Waals surface area (Å²) in [5.74, 6) is 0. The molecule has 0 aliphatic carbocycles. The Morgan fingerprint density at radius 1 is 0.808 bits per heavy atom. The second-order valence-corrected chi connectivity index (χ2v) is 9.20. The van der Waals surface area contributed by atoms with E-state index < -0.39 is 24.2 Å². The van der Waals surface area contributed by atoms with Gasteiger partial charge in [0.25, 0.3) is 0 Å². The molecule has 0 atom stereocenters. The molecule has 2 N–H and O–H groups in total. The molecule has 0 radical (unpaired) electrons. The summed E-state index contributed by atoms with van der Waals surface area (Å²) in [6.45, 7) is 12.2. The van der Waals surface area contributed by atoms with Crippen LogP contribution < -0.4 is 10.6 Å². The standard InChI is InChI=1S/C12H28N2O6Si.C3H7O.Al/c1-3-17-21(18-4-2,19-11-7-13-5-9-15)20-12-8-14-6-10-16;1-2-3-4;/h13-14H,3-12H2,1-2H3;2-3H2,1H3;/q-2;-1;+3. The molecule has 1 rings (SSSR count). The molecule has 0 aromatic carbocycles. The van der Waals surface area contributed by atoms with Crippen LogP contribution in [0, 0.1) is 0 Å². The van der Waals surface area contributed by atoms with Gasteiger partial charge >= 0.3 is 24.2 Å². The van der Waals surface area contributed by atoms with Crippen molar-refractivity contribution in [2.45, 2.75) is 27.2 Å². The first-order valence-corrected chi connectivity index (χ1v) is 12.6. The Kier molecular flexibility index (Phi) is 15.4. The Morgan fingerprint density at radius 3 is 1.77 bits per heavy atom. The highest BCUT2D eigenvalue weighted by molar-refractivity contribution is 6.53. The van der Waals surface area contributed by atoms with E-state index in [9.17, 15) is 0 Å². The van der Waals surface area contributed by atoms with Crippen LogP contribution in [0.2, 0.25) is 0 Å². The molecule has 1 aliphatic heterocycles. The minimum absolute atomic E-state index is 0.448. The van der Waals surface area contributed by atoms with E-state index in [4.69, 9.17) is 29.1 Å². The number of hydrogen-bond donors (Lipinski definition) is 2. The maximum atomic E-state index is 5.89. The Hall–Kier alpha value is 0.389. The predicted molar refractivity (Wildman–Crippen MR) is 101 cm³/mol. The Bertz CT molecular complexity index is 308. The first kappa shape index (κ1) is 24.4. The third-order valence-electron chi connectivity index (χ3n) is 3.28. The molecule has 26 heavy (non-hydrogen) atoms. The Morgan fingerprint density at radius 2 is 1.31 bits per heavy atom. The largest absolute Gasteiger partial charge is 0.905 e. The summed E-state index contributed by atoms with van der Waals surface area (Å²) < 4.78 is 40.4. The summed E-state index contributed by atoms with van der Waals surface area (Å²) in [7, 11) is -3.09. The summed E-state index contributed by atoms with van der Waals surface area (Å²) in [4.78, 5) is 0. The van der Waals surface area contributed by atoms with E-state index in [0.717, 1.165) is 6.42 Å². The fourth-order valence-corrected chi connectivity index (χ4v) is 5.41. The fourth-order valence-electron chi connectivity index (χ4n) is 2.16. The lowest BCUT2D eigenvalue weighted by Crippen LogP contribution is -2.51. The SMILES string of the molecule is CCC[O][Al]1[O]CCNCCO[Si](OCC)(OCC)OCCNCC[O]1. The van der Waals surface area contributed by atoms with Crippen molar-refractivity contribution in [1.29, 1.82) is 0 Å². The molecule has 1 aliphatic rings. The van der Waals surface area contributed by atoms with E-state index >= 15 is 0 Å². The van der Waals surface area contributed by atoms with Gasteiger partial charge in [0, 0.05) is 59.2 Å². The van der Waals surface area contributed by atoms with Gasteiger partial charge in [-0.05, 0) is 20.3 Å². The second-order valence-electron chi connectivity index (χ2n) is 5.46. The zero-order valence-corrected chi connectivity index (χ0v) is 18.6. The highest BCUT2D eigenvalue weighted by atomic mass is 28.4. The summed E-state index contributed by atoms with van der Waals surface area (Å²) in [6.07, 6.45) is 0.951. The molecular weight excluding hydrogens is 375 g/mol. The maximum Gasteiger partial charge on any atom is 0.905 e. The van der Waals surface area contributed by atoms with Crippen LogP contribution in [0.1, 0.15) is 27.2 Å². The second kappa shape index (κ2) is 16.4. The highest BCUT2D eigenvalue weighted by Crippen LogP contribution is 2.11. The molecule has 1 saturated heterocycles. The normalized spacial score (nSPS) is 21.6. The summed E-state index contributed by atoms with van der Waals surface area (Å²) in [5.41, 5.74) is 0. The van der Waals surface area contributed by atoms with E-state index in [1.54, 1.807) is 0 Å². The van der Waals surface area contributed by atoms with Crippen LogP contribution in [0.15, 0.2) is 0 Å². The molecule has 11 heteroatoms. The van der Waals surface area contributed by atoms with Gasteiger partial charge in [-0.2, -0.15) is 0 Å². The van der Waals surface area contributed by atoms with E-state index in [2.05, 4.69) is 17.6 Å². The molecule has 0 bridgehead atoms. The molecule has 1 heterocycles. The lowest BCUT2D eigenvalue weighted by atomic mass is 10.5. The van der Waals surface area contributed by atoms with Crippen molar-refractivity contribution in [3.63, 3.8) is 0 Å². The minimum atomic E-state index is -3.09. The van der Waals surface area contributed by atoms with Gasteiger partial charge in [0.15, 0.2) is 0 Å². The first-order chi connectivity index (χ1) is 12.8. The van der Waals surface area contributed by atoms with Gasteiger partial charge in [0.2, 0.25) is 0 Å². The van der Waals surface area contributed by atoms with Crippen LogP contribution in [-0.2, 0) is 29.1 Å². The number of rotatable bonds is 7. The Balaban J connectivity index is 2.49. The molecule has 154 valence electrons. The quantitative estimate of drug-likeness (QED) is 0.570. The first-order valence-electron chi connectivity index (χ1n) is 9.58. The van der Waals surface area contributed by atoms with E-state index in [0.29, 0.717) is 72.4 Å². The van der Waals surface area contributed by atoms with Crippen LogP contribution in [0.3, 0.4) is 0 Å². The average Bonchev–Trinajstić information content (AvgIpc) is 2.63. The molecule has 1 fully saturated rings. The van der Waals surface area contributed by atoms with Gasteiger partial charge in [-0.25, -0.2) is 0 Å². The molecule has 0 aromatic heterocycles. The lowest BCUT2D eigenvalue weighted by Gasteiger charge is -2.27. The lowest BCUT2D eigenvalue weighted by molar-refractivity contribution is -0.0289. The topological polar surface area (TPSA) is 88.7 Å². The van der Waals surface area contributed by atoms with Gasteiger partial charge < -0.3 is 39.7 Å². The van der Waals surface area contributed by atoms with Crippen molar-refractivity contribution in [2.75, 3.05) is 72.4 Å². The zero-order valence-electron chi connectivity index (χ0n) is 16.4. The zero-order chi connectivity index (χ0) is 18.9. The van der Waals surface area contributed by atoms with Gasteiger partial charge in [-0.15, -0.1) is 0 Å². The third-order valence-corrected chi connectivity index (χ3v) is 7.20. The molecule has 9 nitrogen and oxygen atoms in total. The molecule has 0 unspecified atom stereocenters. The average molecular weight is 411 g/mol. The smallest absolute Gasteiger partial charge is 0.454 e. The molecular formula is C15H35AlN2O7Si. The summed E-state index contributed by atoms with van der Waals surface area (Å²) in [6, 6.07) is 0. The van der Waals surface area contributed by atoms with E-state index in [1.165, 1.54) is 0 Å². The van der Waals surface area contributed by atoms with Crippen molar-refractivity contribution >= 4 is 24.2 Å². The Labute approximate surface area is 163 Å².